The first-order valence-corrected chi connectivity index (χ1v) is 21.6. The predicted molar refractivity (Wildman–Crippen MR) is 235 cm³/mol. The lowest BCUT2D eigenvalue weighted by atomic mass is 9.86. The molecular weight excluding hydrogens is 958 g/mol. The van der Waals surface area contributed by atoms with Crippen LogP contribution in [0.5, 0.6) is 0 Å². The second-order valence-corrected chi connectivity index (χ2v) is 16.6. The number of hydrogen-bond acceptors (Lipinski definition) is 8. The largest absolute Gasteiger partial charge is 0.394 e. The van der Waals surface area contributed by atoms with E-state index in [0.29, 0.717) is 45.8 Å². The SMILES string of the molecule is CN(C1CCC(C(=O)OI)CC1)S(=O)c1cccc(C(=O)Nc2ccc(N3CCCCC3)cc2C(=O)Nc2ccc(CCc3ccc(C(=O)OI)cc3)cc2)c1. The van der Waals surface area contributed by atoms with E-state index < -0.39 is 16.9 Å². The van der Waals surface area contributed by atoms with Crippen molar-refractivity contribution in [2.45, 2.75) is 68.7 Å². The van der Waals surface area contributed by atoms with Crippen LogP contribution >= 0.6 is 46.0 Å². The van der Waals surface area contributed by atoms with Crippen molar-refractivity contribution in [3.05, 3.63) is 119 Å². The van der Waals surface area contributed by atoms with Crippen LogP contribution in [0.2, 0.25) is 0 Å². The third-order valence-corrected chi connectivity index (χ3v) is 12.9. The Hall–Kier alpha value is -3.87. The summed E-state index contributed by atoms with van der Waals surface area (Å²) in [6, 6.07) is 27.4. The molecule has 1 aliphatic carbocycles. The summed E-state index contributed by atoms with van der Waals surface area (Å²) >= 11 is 3.20. The Balaban J connectivity index is 1.13. The molecule has 0 bridgehead atoms. The smallest absolute Gasteiger partial charge is 0.347 e. The summed E-state index contributed by atoms with van der Waals surface area (Å²) < 4.78 is 25.1. The van der Waals surface area contributed by atoms with Gasteiger partial charge in [-0.15, -0.1) is 0 Å². The van der Waals surface area contributed by atoms with E-state index in [9.17, 15) is 23.4 Å². The highest BCUT2D eigenvalue weighted by atomic mass is 127. The second kappa shape index (κ2) is 20.0. The molecule has 4 aromatic rings. The zero-order valence-corrected chi connectivity index (χ0v) is 36.1. The molecule has 0 spiro atoms. The van der Waals surface area contributed by atoms with Gasteiger partial charge in [0.15, 0.2) is 46.0 Å². The van der Waals surface area contributed by atoms with Gasteiger partial charge in [0.2, 0.25) is 0 Å². The Labute approximate surface area is 358 Å². The molecule has 14 heteroatoms. The number of piperidine rings is 1. The molecule has 11 nitrogen and oxygen atoms in total. The van der Waals surface area contributed by atoms with E-state index in [1.807, 2.05) is 52.8 Å². The van der Waals surface area contributed by atoms with Gasteiger partial charge < -0.3 is 21.7 Å². The summed E-state index contributed by atoms with van der Waals surface area (Å²) in [6.45, 7) is 1.79. The molecule has 0 aromatic heterocycles. The Morgan fingerprint density at radius 2 is 1.41 bits per heavy atom. The standard InChI is InChI=1S/C42H44I2N4O7S/c1-47(34-20-16-31(17-21-34)42(52)55-44)56(53)36-7-5-6-32(26-36)39(49)46-38-23-22-35(48-24-3-2-4-25-48)27-37(38)40(50)45-33-18-12-29(13-19-33)9-8-28-10-14-30(15-11-28)41(51)54-43/h5-7,10-15,18-19,22-23,26-27,31,34H,2-4,8-9,16-17,20-21,24-25H2,1H3,(H,45,50)(H,46,49). The number of nitrogens with zero attached hydrogens (tertiary/aromatic N) is 2. The van der Waals surface area contributed by atoms with E-state index in [-0.39, 0.29) is 29.8 Å². The highest BCUT2D eigenvalue weighted by Gasteiger charge is 2.31. The van der Waals surface area contributed by atoms with Gasteiger partial charge in [-0.3, -0.25) is 14.4 Å². The maximum absolute atomic E-state index is 13.9. The fraction of sp³-hybridized carbons (Fsp3) is 0.333. The van der Waals surface area contributed by atoms with E-state index in [1.165, 1.54) is 6.42 Å². The molecule has 1 aliphatic heterocycles. The quantitative estimate of drug-likeness (QED) is 0.127. The Morgan fingerprint density at radius 1 is 0.750 bits per heavy atom. The highest BCUT2D eigenvalue weighted by molar-refractivity contribution is 14.1. The van der Waals surface area contributed by atoms with Crippen LogP contribution < -0.4 is 15.5 Å². The summed E-state index contributed by atoms with van der Waals surface area (Å²) in [5.74, 6) is -1.50. The van der Waals surface area contributed by atoms with E-state index in [4.69, 9.17) is 6.13 Å². The summed E-state index contributed by atoms with van der Waals surface area (Å²) in [5.41, 5.74) is 5.26. The molecular formula is C42H44I2N4O7S. The number of carbonyl (C=O) groups is 4. The molecule has 1 unspecified atom stereocenters. The van der Waals surface area contributed by atoms with Crippen molar-refractivity contribution in [1.29, 1.82) is 0 Å². The maximum atomic E-state index is 13.9. The van der Waals surface area contributed by atoms with Crippen LogP contribution in [0, 0.1) is 5.92 Å². The number of carbonyl (C=O) groups excluding carboxylic acids is 4. The van der Waals surface area contributed by atoms with E-state index >= 15 is 0 Å². The summed E-state index contributed by atoms with van der Waals surface area (Å²) in [7, 11) is 0.278. The average molecular weight is 1000 g/mol. The van der Waals surface area contributed by atoms with Gasteiger partial charge in [-0.2, -0.15) is 0 Å². The lowest BCUT2D eigenvalue weighted by Crippen LogP contribution is -2.37. The number of nitrogens with one attached hydrogen (secondary N) is 2. The number of anilines is 3. The molecule has 6 rings (SSSR count). The minimum atomic E-state index is -1.53. The number of aryl methyl sites for hydroxylation is 2. The van der Waals surface area contributed by atoms with Gasteiger partial charge in [0.05, 0.1) is 27.6 Å². The zero-order chi connectivity index (χ0) is 39.6. The molecule has 1 saturated heterocycles. The average Bonchev–Trinajstić information content (AvgIpc) is 3.25. The zero-order valence-electron chi connectivity index (χ0n) is 31.0. The van der Waals surface area contributed by atoms with Gasteiger partial charge in [-0.05, 0) is 130 Å². The number of hydrogen-bond donors (Lipinski definition) is 2. The molecule has 2 N–H and O–H groups in total. The fourth-order valence-electron chi connectivity index (χ4n) is 7.25. The minimum Gasteiger partial charge on any atom is -0.394 e. The minimum absolute atomic E-state index is 0.0283. The first-order valence-electron chi connectivity index (χ1n) is 18.7. The molecule has 1 atom stereocenters. The van der Waals surface area contributed by atoms with Gasteiger partial charge in [-0.1, -0.05) is 30.3 Å². The molecule has 0 radical (unpaired) electrons. The number of benzene rings is 4. The fourth-order valence-corrected chi connectivity index (χ4v) is 9.10. The van der Waals surface area contributed by atoms with E-state index in [2.05, 4.69) is 15.5 Å². The van der Waals surface area contributed by atoms with Crippen LogP contribution in [0.15, 0.2) is 95.9 Å². The number of rotatable bonds is 13. The third kappa shape index (κ3) is 10.7. The van der Waals surface area contributed by atoms with Gasteiger partial charge in [-0.25, -0.2) is 13.3 Å². The normalized spacial score (nSPS) is 17.5. The van der Waals surface area contributed by atoms with Crippen LogP contribution in [-0.2, 0) is 34.8 Å². The van der Waals surface area contributed by atoms with Crippen molar-refractivity contribution in [1.82, 2.24) is 4.31 Å². The van der Waals surface area contributed by atoms with Crippen LogP contribution in [0.3, 0.4) is 0 Å². The summed E-state index contributed by atoms with van der Waals surface area (Å²) in [5, 5.41) is 5.98. The van der Waals surface area contributed by atoms with Crippen molar-refractivity contribution in [2.75, 3.05) is 35.7 Å². The number of amides is 2. The van der Waals surface area contributed by atoms with Crippen LogP contribution in [0.25, 0.3) is 0 Å². The molecule has 1 saturated carbocycles. The first kappa shape index (κ1) is 41.8. The third-order valence-electron chi connectivity index (χ3n) is 10.6. The van der Waals surface area contributed by atoms with Crippen LogP contribution in [-0.4, -0.2) is 58.4 Å². The van der Waals surface area contributed by atoms with Gasteiger partial charge in [0.25, 0.3) is 11.8 Å². The van der Waals surface area contributed by atoms with Crippen LogP contribution in [0.4, 0.5) is 17.1 Å². The van der Waals surface area contributed by atoms with Gasteiger partial charge in [0, 0.05) is 43.1 Å². The predicted octanol–water partition coefficient (Wildman–Crippen LogP) is 8.88. The van der Waals surface area contributed by atoms with Crippen molar-refractivity contribution >= 4 is 97.8 Å². The number of halogens is 2. The molecule has 294 valence electrons. The first-order chi connectivity index (χ1) is 27.1. The molecule has 2 aliphatic rings. The second-order valence-electron chi connectivity index (χ2n) is 14.2. The summed E-state index contributed by atoms with van der Waals surface area (Å²) in [4.78, 5) is 54.2. The maximum Gasteiger partial charge on any atom is 0.347 e. The molecule has 2 amide bonds. The van der Waals surface area contributed by atoms with Crippen molar-refractivity contribution in [3.63, 3.8) is 0 Å². The Kier molecular flexibility index (Phi) is 14.9. The summed E-state index contributed by atoms with van der Waals surface area (Å²) in [6.07, 6.45) is 7.67. The van der Waals surface area contributed by atoms with Crippen molar-refractivity contribution in [2.24, 2.45) is 5.92 Å². The van der Waals surface area contributed by atoms with Crippen molar-refractivity contribution < 1.29 is 29.5 Å². The molecule has 56 heavy (non-hydrogen) atoms. The molecule has 1 heterocycles. The van der Waals surface area contributed by atoms with Crippen molar-refractivity contribution in [3.8, 4) is 0 Å². The monoisotopic (exact) mass is 1000 g/mol. The van der Waals surface area contributed by atoms with E-state index in [0.717, 1.165) is 68.4 Å². The topological polar surface area (TPSA) is 134 Å². The van der Waals surface area contributed by atoms with Gasteiger partial charge >= 0.3 is 11.9 Å². The lowest BCUT2D eigenvalue weighted by Gasteiger charge is -2.32. The highest BCUT2D eigenvalue weighted by Crippen LogP contribution is 2.31. The van der Waals surface area contributed by atoms with E-state index in [1.54, 1.807) is 95.5 Å². The molecule has 2 fully saturated rings. The Bertz CT molecular complexity index is 2050. The molecule has 4 aromatic carbocycles. The Morgan fingerprint density at radius 3 is 2.05 bits per heavy atom. The van der Waals surface area contributed by atoms with Crippen LogP contribution in [0.1, 0.15) is 87.1 Å². The lowest BCUT2D eigenvalue weighted by molar-refractivity contribution is -0.137. The van der Waals surface area contributed by atoms with Gasteiger partial charge in [0.1, 0.15) is 11.0 Å².